The van der Waals surface area contributed by atoms with Crippen molar-refractivity contribution in [1.29, 1.82) is 0 Å². The van der Waals surface area contributed by atoms with Gasteiger partial charge in [-0.25, -0.2) is 0 Å². The van der Waals surface area contributed by atoms with Crippen LogP contribution in [0.3, 0.4) is 0 Å². The second kappa shape index (κ2) is 22.4. The van der Waals surface area contributed by atoms with Crippen LogP contribution in [0.2, 0.25) is 0 Å². The summed E-state index contributed by atoms with van der Waals surface area (Å²) in [5.74, 6) is -9.25. The van der Waals surface area contributed by atoms with E-state index in [9.17, 15) is 39.6 Å². The van der Waals surface area contributed by atoms with Crippen LogP contribution < -0.4 is 0 Å². The molecule has 0 saturated carbocycles. The van der Waals surface area contributed by atoms with E-state index in [1.54, 1.807) is 12.2 Å². The molecule has 298 valence electrons. The number of allylic oxidation sites excluding steroid dienone is 18. The van der Waals surface area contributed by atoms with Crippen LogP contribution in [-0.2, 0) is 19.2 Å². The summed E-state index contributed by atoms with van der Waals surface area (Å²) in [7, 11) is 0. The number of rotatable bonds is 20. The van der Waals surface area contributed by atoms with Crippen molar-refractivity contribution in [3.8, 4) is 0 Å². The standard InChI is InChI=1S/C47H62O8/c1-29(2)15-10-17-31(5)19-12-20-33(7)22-14-24-35(9)26-28-37-42(50)46(54)39(47(55)43(37)51)38-44(52)40(48)36(41(49)45(38)53)27-25-34(8)23-13-21-32(6)18-11-16-30(3)4/h15-16,19,21-22,25-26,48,50,53,55H,10-14,17-18,20,23-24,27-28H2,1-9H3/b31-19+,32-21+,33-22+,34-25+,35-26+. The third kappa shape index (κ3) is 14.3. The van der Waals surface area contributed by atoms with E-state index in [1.165, 1.54) is 27.9 Å². The van der Waals surface area contributed by atoms with Gasteiger partial charge < -0.3 is 20.4 Å². The number of Topliss-reactive ketones (excluding diaryl/α,β-unsaturated/α-hetero) is 4. The maximum absolute atomic E-state index is 13.3. The van der Waals surface area contributed by atoms with Crippen molar-refractivity contribution in [1.82, 2.24) is 0 Å². The van der Waals surface area contributed by atoms with E-state index in [1.807, 2.05) is 13.8 Å². The van der Waals surface area contributed by atoms with Gasteiger partial charge >= 0.3 is 0 Å². The Morgan fingerprint density at radius 3 is 0.891 bits per heavy atom. The van der Waals surface area contributed by atoms with E-state index < -0.39 is 57.3 Å². The van der Waals surface area contributed by atoms with Crippen molar-refractivity contribution in [2.24, 2.45) is 0 Å². The van der Waals surface area contributed by atoms with E-state index in [-0.39, 0.29) is 24.0 Å². The van der Waals surface area contributed by atoms with Crippen LogP contribution in [0.4, 0.5) is 0 Å². The molecule has 2 aliphatic carbocycles. The minimum atomic E-state index is -1.31. The Morgan fingerprint density at radius 2 is 0.618 bits per heavy atom. The maximum atomic E-state index is 13.3. The van der Waals surface area contributed by atoms with E-state index in [2.05, 4.69) is 78.8 Å². The predicted molar refractivity (Wildman–Crippen MR) is 222 cm³/mol. The fraction of sp³-hybridized carbons (Fsp3) is 0.447. The summed E-state index contributed by atoms with van der Waals surface area (Å²) in [6.07, 6.45) is 22.9. The molecule has 0 unspecified atom stereocenters. The zero-order valence-corrected chi connectivity index (χ0v) is 34.4. The second-order valence-corrected chi connectivity index (χ2v) is 15.3. The molecule has 0 aromatic heterocycles. The molecule has 0 atom stereocenters. The lowest BCUT2D eigenvalue weighted by molar-refractivity contribution is -0.122. The summed E-state index contributed by atoms with van der Waals surface area (Å²) >= 11 is 0. The van der Waals surface area contributed by atoms with Crippen molar-refractivity contribution in [3.63, 3.8) is 0 Å². The lowest BCUT2D eigenvalue weighted by Crippen LogP contribution is -2.32. The lowest BCUT2D eigenvalue weighted by atomic mass is 9.81. The molecule has 2 aliphatic rings. The summed E-state index contributed by atoms with van der Waals surface area (Å²) < 4.78 is 0. The fourth-order valence-electron chi connectivity index (χ4n) is 6.18. The topological polar surface area (TPSA) is 149 Å². The van der Waals surface area contributed by atoms with Crippen molar-refractivity contribution in [2.75, 3.05) is 0 Å². The molecule has 0 spiro atoms. The minimum Gasteiger partial charge on any atom is -0.504 e. The second-order valence-electron chi connectivity index (χ2n) is 15.3. The average Bonchev–Trinajstić information content (AvgIpc) is 3.11. The number of hydrogen-bond acceptors (Lipinski definition) is 8. The number of hydrogen-bond donors (Lipinski definition) is 4. The highest BCUT2D eigenvalue weighted by atomic mass is 16.3. The Hall–Kier alpha value is -4.98. The highest BCUT2D eigenvalue weighted by molar-refractivity contribution is 6.33. The predicted octanol–water partition coefficient (Wildman–Crippen LogP) is 11.9. The van der Waals surface area contributed by atoms with E-state index >= 15 is 0 Å². The van der Waals surface area contributed by atoms with Crippen molar-refractivity contribution in [2.45, 2.75) is 139 Å². The fourth-order valence-corrected chi connectivity index (χ4v) is 6.18. The highest BCUT2D eigenvalue weighted by Gasteiger charge is 2.44. The number of aliphatic hydroxyl groups is 4. The average molecular weight is 755 g/mol. The van der Waals surface area contributed by atoms with Crippen molar-refractivity contribution >= 4 is 23.1 Å². The van der Waals surface area contributed by atoms with Gasteiger partial charge in [0.2, 0.25) is 23.1 Å². The van der Waals surface area contributed by atoms with E-state index in [4.69, 9.17) is 0 Å². The first-order valence-corrected chi connectivity index (χ1v) is 19.3. The molecule has 0 amide bonds. The zero-order chi connectivity index (χ0) is 41.4. The molecule has 0 radical (unpaired) electrons. The van der Waals surface area contributed by atoms with Gasteiger partial charge in [-0.2, -0.15) is 0 Å². The molecule has 0 heterocycles. The molecular formula is C47H62O8. The molecule has 0 aromatic rings. The van der Waals surface area contributed by atoms with Gasteiger partial charge in [0.1, 0.15) is 0 Å². The van der Waals surface area contributed by atoms with Crippen LogP contribution in [-0.4, -0.2) is 43.6 Å². The largest absolute Gasteiger partial charge is 0.504 e. The summed E-state index contributed by atoms with van der Waals surface area (Å²) in [6.45, 7) is 18.4. The molecule has 8 nitrogen and oxygen atoms in total. The first-order valence-electron chi connectivity index (χ1n) is 19.3. The first kappa shape index (κ1) is 46.2. The monoisotopic (exact) mass is 754 g/mol. The van der Waals surface area contributed by atoms with Crippen LogP contribution in [0.1, 0.15) is 139 Å². The molecule has 0 aromatic carbocycles. The Morgan fingerprint density at radius 1 is 0.364 bits per heavy atom. The maximum Gasteiger partial charge on any atom is 0.232 e. The van der Waals surface area contributed by atoms with Gasteiger partial charge in [-0.1, -0.05) is 81.5 Å². The summed E-state index contributed by atoms with van der Waals surface area (Å²) in [5, 5.41) is 43.2. The molecule has 4 N–H and O–H groups in total. The SMILES string of the molecule is CC(C)=CCC/C(C)=C/CC/C(C)=C/CC/C(C)=C/CC1=C(O)C(=O)C(C2=C(O)C(=O)C(C/C=C(\C)CC/C=C(\C)CCC=C(C)C)=C(O)C2=O)=C(O)C1=O. The summed E-state index contributed by atoms with van der Waals surface area (Å²) in [4.78, 5) is 52.9. The smallest absolute Gasteiger partial charge is 0.232 e. The molecule has 55 heavy (non-hydrogen) atoms. The Labute approximate surface area is 328 Å². The van der Waals surface area contributed by atoms with Gasteiger partial charge in [0.05, 0.1) is 22.3 Å². The summed E-state index contributed by atoms with van der Waals surface area (Å²) in [6, 6.07) is 0. The number of ketones is 4. The Bertz CT molecular complexity index is 1860. The third-order valence-electron chi connectivity index (χ3n) is 9.74. The van der Waals surface area contributed by atoms with Crippen LogP contribution in [0.25, 0.3) is 0 Å². The minimum absolute atomic E-state index is 0.161. The molecule has 8 heteroatoms. The molecule has 0 bridgehead atoms. The molecule has 0 saturated heterocycles. The van der Waals surface area contributed by atoms with E-state index in [0.717, 1.165) is 62.5 Å². The van der Waals surface area contributed by atoms with Crippen LogP contribution in [0.15, 0.2) is 127 Å². The van der Waals surface area contributed by atoms with Crippen LogP contribution in [0.5, 0.6) is 0 Å². The van der Waals surface area contributed by atoms with E-state index in [0.29, 0.717) is 12.8 Å². The Kier molecular flexibility index (Phi) is 18.8. The number of carbonyl (C=O) groups excluding carboxylic acids is 4. The third-order valence-corrected chi connectivity index (χ3v) is 9.74. The first-order chi connectivity index (χ1) is 25.9. The van der Waals surface area contributed by atoms with Gasteiger partial charge in [0.25, 0.3) is 0 Å². The normalized spacial score (nSPS) is 16.9. The highest BCUT2D eigenvalue weighted by Crippen LogP contribution is 2.35. The Balaban J connectivity index is 2.08. The molecule has 0 aliphatic heterocycles. The van der Waals surface area contributed by atoms with Crippen LogP contribution in [0, 0.1) is 0 Å². The summed E-state index contributed by atoms with van der Waals surface area (Å²) in [5.41, 5.74) is 5.52. The number of aliphatic hydroxyl groups excluding tert-OH is 4. The molecular weight excluding hydrogens is 693 g/mol. The van der Waals surface area contributed by atoms with Gasteiger partial charge in [0.15, 0.2) is 23.0 Å². The van der Waals surface area contributed by atoms with Gasteiger partial charge in [-0.3, -0.25) is 19.2 Å². The number of carbonyl (C=O) groups is 4. The van der Waals surface area contributed by atoms with Crippen molar-refractivity contribution in [3.05, 3.63) is 127 Å². The molecule has 0 fully saturated rings. The lowest BCUT2D eigenvalue weighted by Gasteiger charge is -2.22. The van der Waals surface area contributed by atoms with Crippen LogP contribution >= 0.6 is 0 Å². The quantitative estimate of drug-likeness (QED) is 0.0709. The zero-order valence-electron chi connectivity index (χ0n) is 34.4. The van der Waals surface area contributed by atoms with Gasteiger partial charge in [0, 0.05) is 0 Å². The molecule has 2 rings (SSSR count). The van der Waals surface area contributed by atoms with Gasteiger partial charge in [-0.15, -0.1) is 0 Å². The van der Waals surface area contributed by atoms with Gasteiger partial charge in [-0.05, 0) is 139 Å². The van der Waals surface area contributed by atoms with Crippen molar-refractivity contribution < 1.29 is 39.6 Å².